The fraction of sp³-hybridized carbons (Fsp3) is 0.235. The van der Waals surface area contributed by atoms with Gasteiger partial charge in [-0.15, -0.1) is 0 Å². The quantitative estimate of drug-likeness (QED) is 0.769. The van der Waals surface area contributed by atoms with Crippen molar-refractivity contribution in [2.75, 3.05) is 5.32 Å². The molecule has 3 rings (SSSR count). The van der Waals surface area contributed by atoms with Gasteiger partial charge in [0.15, 0.2) is 0 Å². The first kappa shape index (κ1) is 17.1. The summed E-state index contributed by atoms with van der Waals surface area (Å²) in [6, 6.07) is 13.6. The van der Waals surface area contributed by atoms with Crippen LogP contribution in [0.4, 0.5) is 5.69 Å². The summed E-state index contributed by atoms with van der Waals surface area (Å²) in [4.78, 5) is 11.9. The molecule has 24 heavy (non-hydrogen) atoms. The second-order valence-corrected chi connectivity index (χ2v) is 8.42. The van der Waals surface area contributed by atoms with Gasteiger partial charge in [0, 0.05) is 22.6 Å². The van der Waals surface area contributed by atoms with E-state index < -0.39 is 10.0 Å². The van der Waals surface area contributed by atoms with Crippen LogP contribution in [-0.2, 0) is 21.4 Å². The number of hydrogen-bond acceptors (Lipinski definition) is 3. The molecule has 2 aromatic carbocycles. The Kier molecular flexibility index (Phi) is 5.03. The molecule has 0 atom stereocenters. The molecule has 7 heteroatoms. The molecule has 1 saturated carbocycles. The van der Waals surface area contributed by atoms with Gasteiger partial charge in [0.25, 0.3) is 0 Å². The highest BCUT2D eigenvalue weighted by atomic mass is 79.9. The lowest BCUT2D eigenvalue weighted by molar-refractivity contribution is -0.117. The first-order valence-electron chi connectivity index (χ1n) is 7.59. The second kappa shape index (κ2) is 7.04. The lowest BCUT2D eigenvalue weighted by atomic mass is 10.2. The molecule has 0 heterocycles. The number of rotatable bonds is 6. The van der Waals surface area contributed by atoms with Crippen molar-refractivity contribution in [2.45, 2.75) is 24.3 Å². The van der Waals surface area contributed by atoms with Crippen LogP contribution in [0.5, 0.6) is 0 Å². The Labute approximate surface area is 149 Å². The first-order valence-corrected chi connectivity index (χ1v) is 9.87. The summed E-state index contributed by atoms with van der Waals surface area (Å²) in [5.74, 6) is 0.209. The highest BCUT2D eigenvalue weighted by Crippen LogP contribution is 2.30. The van der Waals surface area contributed by atoms with Gasteiger partial charge in [-0.3, -0.25) is 4.79 Å². The molecule has 1 fully saturated rings. The number of halogens is 1. The van der Waals surface area contributed by atoms with Gasteiger partial charge in [0.1, 0.15) is 0 Å². The summed E-state index contributed by atoms with van der Waals surface area (Å²) < 4.78 is 27.8. The maximum absolute atomic E-state index is 12.2. The SMILES string of the molecule is O=C(Nc1ccc(CNS(=O)(=O)c2ccc(Br)cc2)cc1)C1CC1. The second-order valence-electron chi connectivity index (χ2n) is 5.74. The van der Waals surface area contributed by atoms with Gasteiger partial charge in [-0.05, 0) is 54.8 Å². The van der Waals surface area contributed by atoms with E-state index in [1.165, 1.54) is 0 Å². The van der Waals surface area contributed by atoms with Gasteiger partial charge in [0.05, 0.1) is 4.90 Å². The number of nitrogens with one attached hydrogen (secondary N) is 2. The molecule has 0 saturated heterocycles. The summed E-state index contributed by atoms with van der Waals surface area (Å²) in [7, 11) is -3.55. The summed E-state index contributed by atoms with van der Waals surface area (Å²) in [6.07, 6.45) is 1.92. The van der Waals surface area contributed by atoms with Crippen LogP contribution in [0.1, 0.15) is 18.4 Å². The average Bonchev–Trinajstić information content (AvgIpc) is 3.40. The van der Waals surface area contributed by atoms with E-state index in [0.717, 1.165) is 28.6 Å². The minimum absolute atomic E-state index is 0.0543. The Balaban J connectivity index is 1.59. The average molecular weight is 409 g/mol. The normalized spacial score (nSPS) is 14.4. The third-order valence-corrected chi connectivity index (χ3v) is 5.71. The van der Waals surface area contributed by atoms with Gasteiger partial charge < -0.3 is 5.32 Å². The van der Waals surface area contributed by atoms with Crippen LogP contribution in [0.25, 0.3) is 0 Å². The number of anilines is 1. The Bertz CT molecular complexity index is 829. The Morgan fingerprint density at radius 2 is 1.67 bits per heavy atom. The lowest BCUT2D eigenvalue weighted by Crippen LogP contribution is -2.23. The summed E-state index contributed by atoms with van der Waals surface area (Å²) in [5, 5.41) is 2.85. The van der Waals surface area contributed by atoms with E-state index in [-0.39, 0.29) is 23.3 Å². The van der Waals surface area contributed by atoms with Crippen LogP contribution in [-0.4, -0.2) is 14.3 Å². The molecule has 1 aliphatic rings. The number of carbonyl (C=O) groups is 1. The molecule has 0 radical (unpaired) electrons. The summed E-state index contributed by atoms with van der Waals surface area (Å²) in [6.45, 7) is 0.190. The van der Waals surface area contributed by atoms with Crippen molar-refractivity contribution in [2.24, 2.45) is 5.92 Å². The third-order valence-electron chi connectivity index (χ3n) is 3.76. The monoisotopic (exact) mass is 408 g/mol. The molecule has 126 valence electrons. The number of benzene rings is 2. The molecule has 1 aliphatic carbocycles. The Morgan fingerprint density at radius 3 is 2.25 bits per heavy atom. The molecule has 2 N–H and O–H groups in total. The number of carbonyl (C=O) groups excluding carboxylic acids is 1. The van der Waals surface area contributed by atoms with Gasteiger partial charge >= 0.3 is 0 Å². The topological polar surface area (TPSA) is 75.3 Å². The van der Waals surface area contributed by atoms with Gasteiger partial charge in [-0.25, -0.2) is 13.1 Å². The molecule has 0 unspecified atom stereocenters. The zero-order chi connectivity index (χ0) is 17.2. The highest BCUT2D eigenvalue weighted by Gasteiger charge is 2.29. The van der Waals surface area contributed by atoms with Crippen molar-refractivity contribution >= 4 is 37.5 Å². The van der Waals surface area contributed by atoms with E-state index in [2.05, 4.69) is 26.0 Å². The maximum atomic E-state index is 12.2. The Hall–Kier alpha value is -1.70. The van der Waals surface area contributed by atoms with Crippen molar-refractivity contribution < 1.29 is 13.2 Å². The molecule has 5 nitrogen and oxygen atoms in total. The summed E-state index contributed by atoms with van der Waals surface area (Å²) in [5.41, 5.74) is 1.55. The van der Waals surface area contributed by atoms with Crippen molar-refractivity contribution in [3.05, 3.63) is 58.6 Å². The first-order chi connectivity index (χ1) is 11.4. The minimum Gasteiger partial charge on any atom is -0.326 e. The van der Waals surface area contributed by atoms with E-state index >= 15 is 0 Å². The number of amides is 1. The number of hydrogen-bond donors (Lipinski definition) is 2. The third kappa shape index (κ3) is 4.43. The van der Waals surface area contributed by atoms with Crippen LogP contribution >= 0.6 is 15.9 Å². The fourth-order valence-electron chi connectivity index (χ4n) is 2.17. The van der Waals surface area contributed by atoms with Gasteiger partial charge in [-0.1, -0.05) is 28.1 Å². The van der Waals surface area contributed by atoms with Gasteiger partial charge in [-0.2, -0.15) is 0 Å². The predicted molar refractivity (Wildman–Crippen MR) is 96.0 cm³/mol. The smallest absolute Gasteiger partial charge is 0.240 e. The van der Waals surface area contributed by atoms with E-state index in [1.54, 1.807) is 48.5 Å². The molecule has 2 aromatic rings. The van der Waals surface area contributed by atoms with E-state index in [9.17, 15) is 13.2 Å². The predicted octanol–water partition coefficient (Wildman–Crippen LogP) is 3.28. The van der Waals surface area contributed by atoms with Crippen molar-refractivity contribution in [3.63, 3.8) is 0 Å². The van der Waals surface area contributed by atoms with Crippen LogP contribution in [0.15, 0.2) is 57.9 Å². The fourth-order valence-corrected chi connectivity index (χ4v) is 3.45. The Morgan fingerprint density at radius 1 is 1.04 bits per heavy atom. The largest absolute Gasteiger partial charge is 0.326 e. The van der Waals surface area contributed by atoms with Crippen molar-refractivity contribution in [1.29, 1.82) is 0 Å². The van der Waals surface area contributed by atoms with E-state index in [4.69, 9.17) is 0 Å². The molecular weight excluding hydrogens is 392 g/mol. The minimum atomic E-state index is -3.55. The van der Waals surface area contributed by atoms with Crippen LogP contribution < -0.4 is 10.0 Å². The van der Waals surface area contributed by atoms with Crippen LogP contribution in [0.2, 0.25) is 0 Å². The molecule has 1 amide bonds. The zero-order valence-electron chi connectivity index (χ0n) is 12.8. The lowest BCUT2D eigenvalue weighted by Gasteiger charge is -2.08. The summed E-state index contributed by atoms with van der Waals surface area (Å²) >= 11 is 3.28. The maximum Gasteiger partial charge on any atom is 0.240 e. The molecule has 0 aromatic heterocycles. The molecule has 0 bridgehead atoms. The molecule has 0 aliphatic heterocycles. The molecule has 0 spiro atoms. The van der Waals surface area contributed by atoms with Crippen molar-refractivity contribution in [1.82, 2.24) is 4.72 Å². The van der Waals surface area contributed by atoms with Crippen molar-refractivity contribution in [3.8, 4) is 0 Å². The zero-order valence-corrected chi connectivity index (χ0v) is 15.2. The van der Waals surface area contributed by atoms with E-state index in [0.29, 0.717) is 0 Å². The van der Waals surface area contributed by atoms with Crippen LogP contribution in [0.3, 0.4) is 0 Å². The van der Waals surface area contributed by atoms with Crippen LogP contribution in [0, 0.1) is 5.92 Å². The number of sulfonamides is 1. The van der Waals surface area contributed by atoms with Gasteiger partial charge in [0.2, 0.25) is 15.9 Å². The molecular formula is C17H17BrN2O3S. The van der Waals surface area contributed by atoms with E-state index in [1.807, 2.05) is 0 Å². The standard InChI is InChI=1S/C17H17BrN2O3S/c18-14-5-9-16(10-6-14)24(22,23)19-11-12-1-7-15(8-2-12)20-17(21)13-3-4-13/h1-2,5-10,13,19H,3-4,11H2,(H,20,21). The highest BCUT2D eigenvalue weighted by molar-refractivity contribution is 9.10.